The summed E-state index contributed by atoms with van der Waals surface area (Å²) in [5.74, 6) is -1.64. The molecule has 0 aliphatic carbocycles. The summed E-state index contributed by atoms with van der Waals surface area (Å²) in [6.45, 7) is 0. The highest BCUT2D eigenvalue weighted by Gasteiger charge is 2.01. The zero-order valence-electron chi connectivity index (χ0n) is 8.85. The summed E-state index contributed by atoms with van der Waals surface area (Å²) in [7, 11) is 0. The Morgan fingerprint density at radius 1 is 0.938 bits per heavy atom. The van der Waals surface area contributed by atoms with Gasteiger partial charge >= 0.3 is 11.9 Å². The number of carbonyl (C=O) groups is 2. The van der Waals surface area contributed by atoms with Gasteiger partial charge in [0.15, 0.2) is 0 Å². The third-order valence-electron chi connectivity index (χ3n) is 2.23. The number of hydrogen-bond acceptors (Lipinski definition) is 2. The molecule has 0 aliphatic rings. The Kier molecular flexibility index (Phi) is 4.51. The second-order valence-electron chi connectivity index (χ2n) is 3.63. The van der Waals surface area contributed by atoms with Gasteiger partial charge in [-0.3, -0.25) is 9.59 Å². The molecule has 0 bridgehead atoms. The van der Waals surface area contributed by atoms with Crippen LogP contribution in [-0.4, -0.2) is 22.2 Å². The third-order valence-corrected chi connectivity index (χ3v) is 2.23. The normalized spacial score (nSPS) is 10.0. The number of hydrogen-bond donors (Lipinski definition) is 2. The lowest BCUT2D eigenvalue weighted by Gasteiger charge is -2.01. The number of aryl methyl sites for hydroxylation is 1. The molecular weight excluding hydrogens is 208 g/mol. The highest BCUT2D eigenvalue weighted by Crippen LogP contribution is 2.08. The van der Waals surface area contributed by atoms with Crippen LogP contribution in [0, 0.1) is 0 Å². The summed E-state index contributed by atoms with van der Waals surface area (Å²) >= 11 is 0. The molecule has 0 spiro atoms. The Bertz CT molecular complexity index is 367. The molecular formula is C12H14O4. The van der Waals surface area contributed by atoms with Crippen molar-refractivity contribution in [1.29, 1.82) is 0 Å². The van der Waals surface area contributed by atoms with Crippen molar-refractivity contribution in [3.05, 3.63) is 35.4 Å². The van der Waals surface area contributed by atoms with Crippen LogP contribution in [0.1, 0.15) is 24.0 Å². The Balaban J connectivity index is 2.45. The SMILES string of the molecule is O=C(O)CCCc1ccc(CC(=O)O)cc1. The van der Waals surface area contributed by atoms with Gasteiger partial charge in [-0.05, 0) is 24.0 Å². The standard InChI is InChI=1S/C12H14O4/c13-11(14)3-1-2-9-4-6-10(7-5-9)8-12(15)16/h4-7H,1-3,8H2,(H,13,14)(H,15,16). The summed E-state index contributed by atoms with van der Waals surface area (Å²) in [5, 5.41) is 17.0. The molecule has 0 aromatic heterocycles. The zero-order chi connectivity index (χ0) is 12.0. The number of rotatable bonds is 6. The van der Waals surface area contributed by atoms with Crippen LogP contribution in [-0.2, 0) is 22.4 Å². The Labute approximate surface area is 93.5 Å². The van der Waals surface area contributed by atoms with E-state index in [2.05, 4.69) is 0 Å². The van der Waals surface area contributed by atoms with Crippen molar-refractivity contribution in [2.75, 3.05) is 0 Å². The Morgan fingerprint density at radius 3 is 2.00 bits per heavy atom. The van der Waals surface area contributed by atoms with E-state index in [-0.39, 0.29) is 12.8 Å². The van der Waals surface area contributed by atoms with Crippen molar-refractivity contribution >= 4 is 11.9 Å². The molecule has 0 amide bonds. The zero-order valence-corrected chi connectivity index (χ0v) is 8.85. The van der Waals surface area contributed by atoms with Gasteiger partial charge in [-0.1, -0.05) is 24.3 Å². The fourth-order valence-corrected chi connectivity index (χ4v) is 1.44. The Hall–Kier alpha value is -1.84. The van der Waals surface area contributed by atoms with Crippen molar-refractivity contribution in [2.45, 2.75) is 25.7 Å². The molecule has 1 rings (SSSR count). The van der Waals surface area contributed by atoms with Crippen LogP contribution >= 0.6 is 0 Å². The van der Waals surface area contributed by atoms with E-state index >= 15 is 0 Å². The van der Waals surface area contributed by atoms with E-state index in [1.165, 1.54) is 0 Å². The highest BCUT2D eigenvalue weighted by atomic mass is 16.4. The van der Waals surface area contributed by atoms with E-state index in [1.807, 2.05) is 12.1 Å². The van der Waals surface area contributed by atoms with Gasteiger partial charge in [0, 0.05) is 6.42 Å². The maximum absolute atomic E-state index is 10.4. The first-order valence-corrected chi connectivity index (χ1v) is 5.09. The highest BCUT2D eigenvalue weighted by molar-refractivity contribution is 5.70. The molecule has 86 valence electrons. The number of carboxylic acid groups (broad SMARTS) is 2. The topological polar surface area (TPSA) is 74.6 Å². The van der Waals surface area contributed by atoms with Gasteiger partial charge in [-0.15, -0.1) is 0 Å². The second kappa shape index (κ2) is 5.90. The summed E-state index contributed by atoms with van der Waals surface area (Å²) in [6, 6.07) is 7.23. The van der Waals surface area contributed by atoms with E-state index in [0.717, 1.165) is 11.1 Å². The van der Waals surface area contributed by atoms with Crippen molar-refractivity contribution < 1.29 is 19.8 Å². The molecule has 0 radical (unpaired) electrons. The largest absolute Gasteiger partial charge is 0.481 e. The first kappa shape index (κ1) is 12.2. The minimum absolute atomic E-state index is 0.0232. The van der Waals surface area contributed by atoms with Crippen LogP contribution in [0.5, 0.6) is 0 Å². The summed E-state index contributed by atoms with van der Waals surface area (Å²) in [6.07, 6.45) is 1.50. The monoisotopic (exact) mass is 222 g/mol. The Morgan fingerprint density at radius 2 is 1.50 bits per heavy atom. The average Bonchev–Trinajstić information content (AvgIpc) is 2.19. The molecule has 0 fully saturated rings. The molecule has 0 unspecified atom stereocenters. The van der Waals surface area contributed by atoms with Gasteiger partial charge in [0.25, 0.3) is 0 Å². The predicted octanol–water partition coefficient (Wildman–Crippen LogP) is 1.72. The molecule has 0 aliphatic heterocycles. The first-order valence-electron chi connectivity index (χ1n) is 5.09. The summed E-state index contributed by atoms with van der Waals surface area (Å²) < 4.78 is 0. The smallest absolute Gasteiger partial charge is 0.307 e. The second-order valence-corrected chi connectivity index (χ2v) is 3.63. The van der Waals surface area contributed by atoms with E-state index in [1.54, 1.807) is 12.1 Å². The maximum Gasteiger partial charge on any atom is 0.307 e. The van der Waals surface area contributed by atoms with Crippen LogP contribution in [0.4, 0.5) is 0 Å². The number of carboxylic acids is 2. The number of benzene rings is 1. The molecule has 1 aromatic carbocycles. The van der Waals surface area contributed by atoms with Crippen molar-refractivity contribution in [1.82, 2.24) is 0 Å². The van der Waals surface area contributed by atoms with E-state index in [9.17, 15) is 9.59 Å². The molecule has 16 heavy (non-hydrogen) atoms. The van der Waals surface area contributed by atoms with E-state index < -0.39 is 11.9 Å². The predicted molar refractivity (Wildman–Crippen MR) is 58.4 cm³/mol. The van der Waals surface area contributed by atoms with Crippen LogP contribution in [0.2, 0.25) is 0 Å². The van der Waals surface area contributed by atoms with Gasteiger partial charge in [0.1, 0.15) is 0 Å². The quantitative estimate of drug-likeness (QED) is 0.768. The van der Waals surface area contributed by atoms with E-state index in [0.29, 0.717) is 12.8 Å². The minimum Gasteiger partial charge on any atom is -0.481 e. The lowest BCUT2D eigenvalue weighted by molar-refractivity contribution is -0.137. The van der Waals surface area contributed by atoms with Crippen LogP contribution in [0.3, 0.4) is 0 Å². The van der Waals surface area contributed by atoms with Gasteiger partial charge in [0.05, 0.1) is 6.42 Å². The molecule has 0 saturated carbocycles. The first-order chi connectivity index (χ1) is 7.58. The lowest BCUT2D eigenvalue weighted by atomic mass is 10.0. The van der Waals surface area contributed by atoms with Gasteiger partial charge < -0.3 is 10.2 Å². The maximum atomic E-state index is 10.4. The van der Waals surface area contributed by atoms with Crippen molar-refractivity contribution in [3.63, 3.8) is 0 Å². The van der Waals surface area contributed by atoms with Crippen LogP contribution in [0.15, 0.2) is 24.3 Å². The van der Waals surface area contributed by atoms with Crippen LogP contribution in [0.25, 0.3) is 0 Å². The summed E-state index contributed by atoms with van der Waals surface area (Å²) in [4.78, 5) is 20.7. The molecule has 0 atom stereocenters. The molecule has 2 N–H and O–H groups in total. The van der Waals surface area contributed by atoms with Gasteiger partial charge in [-0.25, -0.2) is 0 Å². The fraction of sp³-hybridized carbons (Fsp3) is 0.333. The summed E-state index contributed by atoms with van der Waals surface area (Å²) in [5.41, 5.74) is 1.80. The minimum atomic E-state index is -0.848. The molecule has 4 heteroatoms. The number of aliphatic carboxylic acids is 2. The molecule has 4 nitrogen and oxygen atoms in total. The van der Waals surface area contributed by atoms with Gasteiger partial charge in [0.2, 0.25) is 0 Å². The lowest BCUT2D eigenvalue weighted by Crippen LogP contribution is -2.00. The molecule has 1 aromatic rings. The fourth-order valence-electron chi connectivity index (χ4n) is 1.44. The van der Waals surface area contributed by atoms with Crippen molar-refractivity contribution in [3.8, 4) is 0 Å². The molecule has 0 saturated heterocycles. The van der Waals surface area contributed by atoms with Gasteiger partial charge in [-0.2, -0.15) is 0 Å². The van der Waals surface area contributed by atoms with E-state index in [4.69, 9.17) is 10.2 Å². The van der Waals surface area contributed by atoms with Crippen LogP contribution < -0.4 is 0 Å². The van der Waals surface area contributed by atoms with Crippen molar-refractivity contribution in [2.24, 2.45) is 0 Å². The third kappa shape index (κ3) is 4.59. The average molecular weight is 222 g/mol. The molecule has 0 heterocycles.